The first-order valence-corrected chi connectivity index (χ1v) is 7.78. The molecular weight excluding hydrogens is 346 g/mol. The molecule has 1 fully saturated rings. The highest BCUT2D eigenvalue weighted by molar-refractivity contribution is 5.85. The van der Waals surface area contributed by atoms with E-state index in [1.165, 1.54) is 13.2 Å². The molecule has 0 aromatic heterocycles. The smallest absolute Gasteiger partial charge is 0.319 e. The molecule has 0 spiro atoms. The number of nitrogens with one attached hydrogen (secondary N) is 2. The minimum atomic E-state index is -1.01. The summed E-state index contributed by atoms with van der Waals surface area (Å²) in [5.41, 5.74) is -0.311. The van der Waals surface area contributed by atoms with Gasteiger partial charge in [0.05, 0.1) is 24.7 Å². The number of methoxy groups -OCH3 is 1. The minimum absolute atomic E-state index is 0.106. The standard InChI is InChI=1S/C16H19N3O7/c1-4-5-26-15(21)12-8(2)17-16(22)18-13(12)9-6-10(19(23)24)14(20)11(7-9)25-3/h6-7,12-13,20H,2,4-5H2,1,3H3,(H2,17,18,22)/t12-,13-/m1/s1. The number of benzene rings is 1. The van der Waals surface area contributed by atoms with Gasteiger partial charge in [-0.2, -0.15) is 0 Å². The fourth-order valence-corrected chi connectivity index (χ4v) is 2.62. The van der Waals surface area contributed by atoms with Crippen LogP contribution in [-0.2, 0) is 9.53 Å². The highest BCUT2D eigenvalue weighted by Gasteiger charge is 2.40. The van der Waals surface area contributed by atoms with E-state index in [2.05, 4.69) is 17.2 Å². The highest BCUT2D eigenvalue weighted by Crippen LogP contribution is 2.41. The van der Waals surface area contributed by atoms with E-state index in [-0.39, 0.29) is 23.6 Å². The Morgan fingerprint density at radius 2 is 2.15 bits per heavy atom. The van der Waals surface area contributed by atoms with Gasteiger partial charge in [0.2, 0.25) is 5.75 Å². The molecule has 0 aliphatic carbocycles. The molecular formula is C16H19N3O7. The maximum atomic E-state index is 12.4. The number of aromatic hydroxyl groups is 1. The van der Waals surface area contributed by atoms with Gasteiger partial charge in [0.15, 0.2) is 5.75 Å². The molecule has 0 bridgehead atoms. The first-order valence-electron chi connectivity index (χ1n) is 7.78. The molecule has 3 N–H and O–H groups in total. The summed E-state index contributed by atoms with van der Waals surface area (Å²) in [6, 6.07) is 0.788. The molecule has 0 radical (unpaired) electrons. The summed E-state index contributed by atoms with van der Waals surface area (Å²) < 4.78 is 10.1. The zero-order chi connectivity index (χ0) is 19.4. The van der Waals surface area contributed by atoms with Gasteiger partial charge in [0.1, 0.15) is 5.92 Å². The number of phenols is 1. The lowest BCUT2D eigenvalue weighted by Gasteiger charge is -2.33. The number of hydrogen-bond acceptors (Lipinski definition) is 7. The van der Waals surface area contributed by atoms with Crippen LogP contribution in [0.4, 0.5) is 10.5 Å². The van der Waals surface area contributed by atoms with E-state index in [1.54, 1.807) is 0 Å². The Labute approximate surface area is 148 Å². The second-order valence-corrected chi connectivity index (χ2v) is 5.59. The molecule has 0 saturated carbocycles. The van der Waals surface area contributed by atoms with Gasteiger partial charge < -0.3 is 25.2 Å². The zero-order valence-electron chi connectivity index (χ0n) is 14.3. The van der Waals surface area contributed by atoms with Crippen LogP contribution in [0.1, 0.15) is 24.9 Å². The first kappa shape index (κ1) is 19.0. The number of urea groups is 1. The SMILES string of the molecule is C=C1NC(=O)N[C@H](c2cc(OC)c(O)c([N+](=O)[O-])c2)[C@@H]1C(=O)OCCC. The monoisotopic (exact) mass is 365 g/mol. The normalized spacial score (nSPS) is 19.3. The summed E-state index contributed by atoms with van der Waals surface area (Å²) in [6.45, 7) is 5.69. The quantitative estimate of drug-likeness (QED) is 0.396. The van der Waals surface area contributed by atoms with Crippen molar-refractivity contribution < 1.29 is 29.1 Å². The molecule has 10 nitrogen and oxygen atoms in total. The number of phenolic OH excluding ortho intramolecular Hbond substituents is 1. The van der Waals surface area contributed by atoms with E-state index >= 15 is 0 Å². The molecule has 1 aliphatic heterocycles. The topological polar surface area (TPSA) is 140 Å². The van der Waals surface area contributed by atoms with Crippen LogP contribution in [0.2, 0.25) is 0 Å². The summed E-state index contributed by atoms with van der Waals surface area (Å²) in [5.74, 6) is -2.45. The number of amides is 2. The van der Waals surface area contributed by atoms with E-state index < -0.39 is 40.3 Å². The average Bonchev–Trinajstić information content (AvgIpc) is 2.58. The van der Waals surface area contributed by atoms with Gasteiger partial charge in [0, 0.05) is 11.8 Å². The van der Waals surface area contributed by atoms with Crippen molar-refractivity contribution in [2.24, 2.45) is 5.92 Å². The number of rotatable bonds is 6. The maximum Gasteiger partial charge on any atom is 0.319 e. The molecule has 0 unspecified atom stereocenters. The van der Waals surface area contributed by atoms with Gasteiger partial charge in [-0.25, -0.2) is 4.79 Å². The van der Waals surface area contributed by atoms with Crippen molar-refractivity contribution in [2.45, 2.75) is 19.4 Å². The highest BCUT2D eigenvalue weighted by atomic mass is 16.6. The summed E-state index contributed by atoms with van der Waals surface area (Å²) in [5, 5.41) is 26.0. The number of carbonyl (C=O) groups is 2. The Hall–Kier alpha value is -3.30. The average molecular weight is 365 g/mol. The summed E-state index contributed by atoms with van der Waals surface area (Å²) in [7, 11) is 1.23. The second-order valence-electron chi connectivity index (χ2n) is 5.59. The predicted octanol–water partition coefficient (Wildman–Crippen LogP) is 1.75. The molecule has 2 amide bonds. The largest absolute Gasteiger partial charge is 0.500 e. The molecule has 1 aromatic rings. The lowest BCUT2D eigenvalue weighted by Crippen LogP contribution is -2.51. The minimum Gasteiger partial charge on any atom is -0.500 e. The molecule has 10 heteroatoms. The molecule has 1 aromatic carbocycles. The fraction of sp³-hybridized carbons (Fsp3) is 0.375. The van der Waals surface area contributed by atoms with Crippen molar-refractivity contribution >= 4 is 17.7 Å². The third-order valence-electron chi connectivity index (χ3n) is 3.82. The van der Waals surface area contributed by atoms with E-state index in [0.29, 0.717) is 6.42 Å². The van der Waals surface area contributed by atoms with Crippen LogP contribution in [0.5, 0.6) is 11.5 Å². The number of nitro benzene ring substituents is 1. The van der Waals surface area contributed by atoms with Crippen LogP contribution in [0, 0.1) is 16.0 Å². The zero-order valence-corrected chi connectivity index (χ0v) is 14.3. The van der Waals surface area contributed by atoms with E-state index in [4.69, 9.17) is 9.47 Å². The third-order valence-corrected chi connectivity index (χ3v) is 3.82. The van der Waals surface area contributed by atoms with E-state index in [0.717, 1.165) is 6.07 Å². The number of nitrogens with zero attached hydrogens (tertiary/aromatic N) is 1. The first-order chi connectivity index (χ1) is 12.3. The molecule has 140 valence electrons. The van der Waals surface area contributed by atoms with Crippen molar-refractivity contribution in [1.29, 1.82) is 0 Å². The lowest BCUT2D eigenvalue weighted by molar-refractivity contribution is -0.386. The van der Waals surface area contributed by atoms with Crippen molar-refractivity contribution in [3.63, 3.8) is 0 Å². The molecule has 2 rings (SSSR count). The Morgan fingerprint density at radius 3 is 2.73 bits per heavy atom. The number of ether oxygens (including phenoxy) is 2. The summed E-state index contributed by atoms with van der Waals surface area (Å²) in [6.07, 6.45) is 0.605. The van der Waals surface area contributed by atoms with Gasteiger partial charge in [-0.15, -0.1) is 0 Å². The van der Waals surface area contributed by atoms with Crippen LogP contribution in [0.3, 0.4) is 0 Å². The van der Waals surface area contributed by atoms with Crippen molar-refractivity contribution in [1.82, 2.24) is 10.6 Å². The fourth-order valence-electron chi connectivity index (χ4n) is 2.62. The Kier molecular flexibility index (Phi) is 5.65. The van der Waals surface area contributed by atoms with Crippen LogP contribution >= 0.6 is 0 Å². The van der Waals surface area contributed by atoms with E-state index in [9.17, 15) is 24.8 Å². The Morgan fingerprint density at radius 1 is 1.46 bits per heavy atom. The number of esters is 1. The third kappa shape index (κ3) is 3.68. The second kappa shape index (κ2) is 7.72. The molecule has 2 atom stereocenters. The van der Waals surface area contributed by atoms with Crippen LogP contribution < -0.4 is 15.4 Å². The summed E-state index contributed by atoms with van der Waals surface area (Å²) >= 11 is 0. The van der Waals surface area contributed by atoms with Gasteiger partial charge in [-0.05, 0) is 18.1 Å². The Bertz CT molecular complexity index is 762. The van der Waals surface area contributed by atoms with Crippen molar-refractivity contribution in [3.8, 4) is 11.5 Å². The van der Waals surface area contributed by atoms with Gasteiger partial charge >= 0.3 is 17.7 Å². The summed E-state index contributed by atoms with van der Waals surface area (Å²) in [4.78, 5) is 34.6. The van der Waals surface area contributed by atoms with Gasteiger partial charge in [-0.1, -0.05) is 13.5 Å². The molecule has 26 heavy (non-hydrogen) atoms. The van der Waals surface area contributed by atoms with Crippen LogP contribution in [-0.4, -0.2) is 35.7 Å². The predicted molar refractivity (Wildman–Crippen MR) is 89.6 cm³/mol. The van der Waals surface area contributed by atoms with Gasteiger partial charge in [0.25, 0.3) is 0 Å². The number of nitro groups is 1. The van der Waals surface area contributed by atoms with Gasteiger partial charge in [-0.3, -0.25) is 14.9 Å². The number of carbonyl (C=O) groups excluding carboxylic acids is 2. The maximum absolute atomic E-state index is 12.4. The van der Waals surface area contributed by atoms with Crippen LogP contribution in [0.25, 0.3) is 0 Å². The number of hydrogen-bond donors (Lipinski definition) is 3. The van der Waals surface area contributed by atoms with Crippen LogP contribution in [0.15, 0.2) is 24.4 Å². The lowest BCUT2D eigenvalue weighted by atomic mass is 9.88. The van der Waals surface area contributed by atoms with E-state index in [1.807, 2.05) is 6.92 Å². The van der Waals surface area contributed by atoms with Crippen molar-refractivity contribution in [3.05, 3.63) is 40.1 Å². The molecule has 1 heterocycles. The van der Waals surface area contributed by atoms with Crippen molar-refractivity contribution in [2.75, 3.05) is 13.7 Å². The molecule has 1 saturated heterocycles. The Balaban J connectivity index is 2.52. The molecule has 1 aliphatic rings.